The van der Waals surface area contributed by atoms with Crippen molar-refractivity contribution in [1.82, 2.24) is 9.88 Å². The molecule has 1 aliphatic rings. The van der Waals surface area contributed by atoms with Crippen LogP contribution in [-0.4, -0.2) is 35.5 Å². The highest BCUT2D eigenvalue weighted by atomic mass is 16.5. The van der Waals surface area contributed by atoms with Gasteiger partial charge in [-0.05, 0) is 36.5 Å². The molecule has 4 heteroatoms. The number of ether oxygens (including phenoxy) is 1. The molecule has 0 radical (unpaired) electrons. The van der Waals surface area contributed by atoms with E-state index in [2.05, 4.69) is 17.1 Å². The molecule has 27 heavy (non-hydrogen) atoms. The Bertz CT molecular complexity index is 910. The lowest BCUT2D eigenvalue weighted by atomic mass is 9.98. The Hall–Kier alpha value is -2.72. The van der Waals surface area contributed by atoms with Crippen molar-refractivity contribution in [1.29, 1.82) is 0 Å². The van der Waals surface area contributed by atoms with Crippen LogP contribution in [-0.2, 0) is 11.3 Å². The number of amides is 1. The van der Waals surface area contributed by atoms with E-state index in [-0.39, 0.29) is 5.91 Å². The molecule has 0 bridgehead atoms. The lowest BCUT2D eigenvalue weighted by Gasteiger charge is -2.32. The van der Waals surface area contributed by atoms with Crippen molar-refractivity contribution < 1.29 is 9.53 Å². The van der Waals surface area contributed by atoms with Gasteiger partial charge in [-0.2, -0.15) is 0 Å². The van der Waals surface area contributed by atoms with Crippen LogP contribution >= 0.6 is 0 Å². The van der Waals surface area contributed by atoms with E-state index < -0.39 is 0 Å². The number of carbonyl (C=O) groups excluding carboxylic acids is 1. The minimum absolute atomic E-state index is 0.0218. The van der Waals surface area contributed by atoms with Crippen molar-refractivity contribution in [3.8, 4) is 0 Å². The van der Waals surface area contributed by atoms with E-state index >= 15 is 0 Å². The minimum Gasteiger partial charge on any atom is -0.376 e. The first kappa shape index (κ1) is 17.7. The summed E-state index contributed by atoms with van der Waals surface area (Å²) in [4.78, 5) is 19.4. The number of likely N-dealkylation sites (tertiary alicyclic amines) is 1. The van der Waals surface area contributed by atoms with E-state index in [1.807, 2.05) is 59.5 Å². The molecule has 1 aromatic heterocycles. The van der Waals surface area contributed by atoms with Crippen LogP contribution in [0.5, 0.6) is 0 Å². The first-order valence-corrected chi connectivity index (χ1v) is 9.56. The molecule has 0 N–H and O–H groups in total. The molecule has 2 aromatic carbocycles. The summed E-state index contributed by atoms with van der Waals surface area (Å²) in [6.07, 6.45) is 2.11. The number of aromatic nitrogens is 1. The molecule has 138 valence electrons. The van der Waals surface area contributed by atoms with Crippen LogP contribution in [0.3, 0.4) is 0 Å². The molecule has 1 unspecified atom stereocenters. The van der Waals surface area contributed by atoms with Gasteiger partial charge in [0.2, 0.25) is 0 Å². The van der Waals surface area contributed by atoms with Gasteiger partial charge in [0.25, 0.3) is 5.91 Å². The third kappa shape index (κ3) is 4.34. The molecule has 1 atom stereocenters. The van der Waals surface area contributed by atoms with E-state index in [0.29, 0.717) is 24.8 Å². The zero-order chi connectivity index (χ0) is 18.5. The molecule has 3 aromatic rings. The van der Waals surface area contributed by atoms with Gasteiger partial charge in [0.1, 0.15) is 5.69 Å². The fourth-order valence-corrected chi connectivity index (χ4v) is 3.65. The highest BCUT2D eigenvalue weighted by Gasteiger charge is 2.25. The first-order chi connectivity index (χ1) is 13.3. The fourth-order valence-electron chi connectivity index (χ4n) is 3.65. The molecule has 4 nitrogen and oxygen atoms in total. The maximum atomic E-state index is 12.9. The molecule has 1 fully saturated rings. The molecule has 4 rings (SSSR count). The van der Waals surface area contributed by atoms with Crippen LogP contribution in [0.1, 0.15) is 28.9 Å². The average molecular weight is 360 g/mol. The van der Waals surface area contributed by atoms with Crippen molar-refractivity contribution in [2.24, 2.45) is 5.92 Å². The summed E-state index contributed by atoms with van der Waals surface area (Å²) < 4.78 is 5.90. The smallest absolute Gasteiger partial charge is 0.272 e. The Morgan fingerprint density at radius 3 is 2.74 bits per heavy atom. The Morgan fingerprint density at radius 2 is 1.85 bits per heavy atom. The van der Waals surface area contributed by atoms with Gasteiger partial charge in [-0.1, -0.05) is 54.6 Å². The van der Waals surface area contributed by atoms with E-state index in [1.54, 1.807) is 0 Å². The third-order valence-corrected chi connectivity index (χ3v) is 5.09. The third-order valence-electron chi connectivity index (χ3n) is 5.09. The summed E-state index contributed by atoms with van der Waals surface area (Å²) in [5.41, 5.74) is 2.57. The maximum absolute atomic E-state index is 12.9. The zero-order valence-corrected chi connectivity index (χ0v) is 15.4. The summed E-state index contributed by atoms with van der Waals surface area (Å²) in [6.45, 7) is 2.84. The van der Waals surface area contributed by atoms with E-state index in [4.69, 9.17) is 4.74 Å². The van der Waals surface area contributed by atoms with Crippen molar-refractivity contribution in [2.45, 2.75) is 19.4 Å². The molecule has 0 aliphatic carbocycles. The summed E-state index contributed by atoms with van der Waals surface area (Å²) in [7, 11) is 0. The summed E-state index contributed by atoms with van der Waals surface area (Å²) in [6, 6.07) is 21.9. The lowest BCUT2D eigenvalue weighted by molar-refractivity contribution is 0.0422. The number of hydrogen-bond donors (Lipinski definition) is 0. The fraction of sp³-hybridized carbons (Fsp3) is 0.304. The Balaban J connectivity index is 1.36. The second-order valence-electron chi connectivity index (χ2n) is 7.15. The molecule has 1 amide bonds. The van der Waals surface area contributed by atoms with Crippen molar-refractivity contribution in [3.05, 3.63) is 78.0 Å². The van der Waals surface area contributed by atoms with Gasteiger partial charge in [-0.15, -0.1) is 0 Å². The zero-order valence-electron chi connectivity index (χ0n) is 15.4. The van der Waals surface area contributed by atoms with Crippen LogP contribution in [0.4, 0.5) is 0 Å². The second kappa shape index (κ2) is 8.31. The van der Waals surface area contributed by atoms with Gasteiger partial charge in [0.05, 0.1) is 18.7 Å². The molecule has 2 heterocycles. The number of para-hydroxylation sites is 1. The van der Waals surface area contributed by atoms with Gasteiger partial charge in [0, 0.05) is 18.5 Å². The molecule has 0 spiro atoms. The second-order valence-corrected chi connectivity index (χ2v) is 7.15. The lowest BCUT2D eigenvalue weighted by Crippen LogP contribution is -2.41. The van der Waals surface area contributed by atoms with Gasteiger partial charge >= 0.3 is 0 Å². The number of pyridine rings is 1. The predicted octanol–water partition coefficient (Wildman–Crippen LogP) is 4.30. The summed E-state index contributed by atoms with van der Waals surface area (Å²) >= 11 is 0. The molecular formula is C23H24N2O2. The van der Waals surface area contributed by atoms with Crippen LogP contribution in [0, 0.1) is 5.92 Å². The van der Waals surface area contributed by atoms with Gasteiger partial charge in [-0.3, -0.25) is 4.79 Å². The van der Waals surface area contributed by atoms with Gasteiger partial charge < -0.3 is 9.64 Å². The first-order valence-electron chi connectivity index (χ1n) is 9.56. The van der Waals surface area contributed by atoms with Crippen LogP contribution in [0.15, 0.2) is 66.7 Å². The number of carbonyl (C=O) groups is 1. The monoisotopic (exact) mass is 360 g/mol. The van der Waals surface area contributed by atoms with E-state index in [0.717, 1.165) is 36.8 Å². The van der Waals surface area contributed by atoms with Crippen LogP contribution < -0.4 is 0 Å². The van der Waals surface area contributed by atoms with Crippen LogP contribution in [0.2, 0.25) is 0 Å². The minimum atomic E-state index is 0.0218. The summed E-state index contributed by atoms with van der Waals surface area (Å²) in [5, 5.41) is 1.06. The SMILES string of the molecule is O=C(c1ccc2ccccc2n1)N1CCCC(COCc2ccccc2)C1. The molecular weight excluding hydrogens is 336 g/mol. The molecule has 1 saturated heterocycles. The Morgan fingerprint density at radius 1 is 1.04 bits per heavy atom. The quantitative estimate of drug-likeness (QED) is 0.681. The standard InChI is InChI=1S/C23H24N2O2/c26-23(22-13-12-20-10-4-5-11-21(20)24-22)25-14-6-9-19(15-25)17-27-16-18-7-2-1-3-8-18/h1-5,7-8,10-13,19H,6,9,14-17H2. The van der Waals surface area contributed by atoms with Gasteiger partial charge in [0.15, 0.2) is 0 Å². The summed E-state index contributed by atoms with van der Waals surface area (Å²) in [5.74, 6) is 0.403. The Kier molecular flexibility index (Phi) is 5.45. The normalized spacial score (nSPS) is 17.2. The number of nitrogens with zero attached hydrogens (tertiary/aromatic N) is 2. The molecule has 1 aliphatic heterocycles. The van der Waals surface area contributed by atoms with Crippen molar-refractivity contribution in [3.63, 3.8) is 0 Å². The van der Waals surface area contributed by atoms with Crippen molar-refractivity contribution in [2.75, 3.05) is 19.7 Å². The number of hydrogen-bond acceptors (Lipinski definition) is 3. The number of piperidine rings is 1. The van der Waals surface area contributed by atoms with E-state index in [1.165, 1.54) is 5.56 Å². The van der Waals surface area contributed by atoms with Gasteiger partial charge in [-0.25, -0.2) is 4.98 Å². The molecule has 0 saturated carbocycles. The van der Waals surface area contributed by atoms with Crippen LogP contribution in [0.25, 0.3) is 10.9 Å². The average Bonchev–Trinajstić information content (AvgIpc) is 2.74. The predicted molar refractivity (Wildman–Crippen MR) is 106 cm³/mol. The van der Waals surface area contributed by atoms with E-state index in [9.17, 15) is 4.79 Å². The van der Waals surface area contributed by atoms with Crippen molar-refractivity contribution >= 4 is 16.8 Å². The highest BCUT2D eigenvalue weighted by molar-refractivity contribution is 5.95. The highest BCUT2D eigenvalue weighted by Crippen LogP contribution is 2.20. The number of fused-ring (bicyclic) bond motifs is 1. The largest absolute Gasteiger partial charge is 0.376 e. The number of benzene rings is 2. The maximum Gasteiger partial charge on any atom is 0.272 e. The Labute approximate surface area is 159 Å². The topological polar surface area (TPSA) is 42.4 Å². The number of rotatable bonds is 5.